The maximum atomic E-state index is 10.9. The van der Waals surface area contributed by atoms with Crippen molar-refractivity contribution >= 4 is 38.9 Å². The van der Waals surface area contributed by atoms with E-state index in [2.05, 4.69) is 39.6 Å². The Hall–Kier alpha value is -1.33. The first-order valence-electron chi connectivity index (χ1n) is 5.88. The first kappa shape index (κ1) is 14.1. The summed E-state index contributed by atoms with van der Waals surface area (Å²) in [6.07, 6.45) is 0.954. The van der Waals surface area contributed by atoms with Crippen LogP contribution in [0.25, 0.3) is 0 Å². The number of anilines is 1. The van der Waals surface area contributed by atoms with Gasteiger partial charge < -0.3 is 10.4 Å². The summed E-state index contributed by atoms with van der Waals surface area (Å²) in [6.45, 7) is 2.11. The molecule has 19 heavy (non-hydrogen) atoms. The van der Waals surface area contributed by atoms with E-state index in [1.165, 1.54) is 4.88 Å². The number of carboxylic acids is 1. The molecule has 0 aliphatic rings. The Morgan fingerprint density at radius 1 is 1.47 bits per heavy atom. The molecule has 0 aliphatic carbocycles. The monoisotopic (exact) mass is 339 g/mol. The van der Waals surface area contributed by atoms with E-state index in [0.29, 0.717) is 10.5 Å². The van der Waals surface area contributed by atoms with Crippen LogP contribution in [0, 0.1) is 0 Å². The number of aromatic carboxylic acids is 1. The van der Waals surface area contributed by atoms with Gasteiger partial charge in [0.25, 0.3) is 0 Å². The van der Waals surface area contributed by atoms with Gasteiger partial charge in [-0.25, -0.2) is 4.79 Å². The van der Waals surface area contributed by atoms with E-state index in [-0.39, 0.29) is 5.56 Å². The Balaban J connectivity index is 2.03. The highest BCUT2D eigenvalue weighted by Gasteiger charge is 2.10. The fourth-order valence-corrected chi connectivity index (χ4v) is 3.23. The Labute approximate surface area is 124 Å². The third-order valence-corrected chi connectivity index (χ3v) is 4.25. The number of carboxylic acid groups (broad SMARTS) is 1. The zero-order chi connectivity index (χ0) is 13.8. The number of carbonyl (C=O) groups is 1. The average molecular weight is 340 g/mol. The normalized spacial score (nSPS) is 12.1. The lowest BCUT2D eigenvalue weighted by molar-refractivity contribution is 0.0696. The molecule has 2 N–H and O–H groups in total. The number of hydrogen-bond acceptors (Lipinski definition) is 3. The second kappa shape index (κ2) is 6.21. The third-order valence-electron chi connectivity index (χ3n) is 2.70. The fourth-order valence-electron chi connectivity index (χ4n) is 1.84. The second-order valence-electron chi connectivity index (χ2n) is 4.33. The standard InChI is InChI=1S/C14H14BrNO2S/c1-9(7-11-3-2-6-19-11)16-10-4-5-12(14(17)18)13(15)8-10/h2-6,8-9,16H,7H2,1H3,(H,17,18). The Morgan fingerprint density at radius 3 is 2.84 bits per heavy atom. The summed E-state index contributed by atoms with van der Waals surface area (Å²) in [5.41, 5.74) is 1.19. The van der Waals surface area contributed by atoms with Crippen LogP contribution in [0.15, 0.2) is 40.2 Å². The molecule has 2 aromatic rings. The van der Waals surface area contributed by atoms with Gasteiger partial charge in [0.05, 0.1) is 5.56 Å². The predicted molar refractivity (Wildman–Crippen MR) is 82.2 cm³/mol. The highest BCUT2D eigenvalue weighted by atomic mass is 79.9. The smallest absolute Gasteiger partial charge is 0.336 e. The summed E-state index contributed by atoms with van der Waals surface area (Å²) in [5, 5.41) is 14.4. The maximum absolute atomic E-state index is 10.9. The molecule has 0 saturated heterocycles. The van der Waals surface area contributed by atoms with Gasteiger partial charge in [-0.3, -0.25) is 0 Å². The van der Waals surface area contributed by atoms with Gasteiger partial charge in [-0.2, -0.15) is 0 Å². The molecule has 0 saturated carbocycles. The van der Waals surface area contributed by atoms with Crippen LogP contribution in [0.3, 0.4) is 0 Å². The minimum atomic E-state index is -0.926. The summed E-state index contributed by atoms with van der Waals surface area (Å²) in [7, 11) is 0. The number of halogens is 1. The van der Waals surface area contributed by atoms with Crippen molar-refractivity contribution in [3.63, 3.8) is 0 Å². The zero-order valence-electron chi connectivity index (χ0n) is 10.4. The third kappa shape index (κ3) is 3.81. The summed E-state index contributed by atoms with van der Waals surface area (Å²) in [5.74, 6) is -0.926. The van der Waals surface area contributed by atoms with Gasteiger partial charge in [-0.15, -0.1) is 11.3 Å². The van der Waals surface area contributed by atoms with Gasteiger partial charge in [-0.1, -0.05) is 6.07 Å². The molecule has 100 valence electrons. The van der Waals surface area contributed by atoms with Crippen LogP contribution in [0.4, 0.5) is 5.69 Å². The summed E-state index contributed by atoms with van der Waals surface area (Å²) in [6, 6.07) is 9.65. The largest absolute Gasteiger partial charge is 0.478 e. The van der Waals surface area contributed by atoms with Gasteiger partial charge in [0.15, 0.2) is 0 Å². The Bertz CT molecular complexity index is 569. The van der Waals surface area contributed by atoms with E-state index in [9.17, 15) is 4.79 Å². The molecule has 2 rings (SSSR count). The van der Waals surface area contributed by atoms with Crippen molar-refractivity contribution in [3.05, 3.63) is 50.6 Å². The van der Waals surface area contributed by atoms with Gasteiger partial charge in [0.1, 0.15) is 0 Å². The molecule has 1 unspecified atom stereocenters. The SMILES string of the molecule is CC(Cc1cccs1)Nc1ccc(C(=O)O)c(Br)c1. The summed E-state index contributed by atoms with van der Waals surface area (Å²) < 4.78 is 0.591. The van der Waals surface area contributed by atoms with Crippen molar-refractivity contribution < 1.29 is 9.90 Å². The van der Waals surface area contributed by atoms with E-state index < -0.39 is 5.97 Å². The van der Waals surface area contributed by atoms with E-state index in [1.807, 2.05) is 6.07 Å². The molecule has 0 aliphatic heterocycles. The molecule has 0 spiro atoms. The topological polar surface area (TPSA) is 49.3 Å². The molecule has 1 heterocycles. The van der Waals surface area contributed by atoms with Crippen LogP contribution >= 0.6 is 27.3 Å². The van der Waals surface area contributed by atoms with Crippen LogP contribution in [0.5, 0.6) is 0 Å². The number of benzene rings is 1. The van der Waals surface area contributed by atoms with Crippen molar-refractivity contribution in [2.45, 2.75) is 19.4 Å². The quantitative estimate of drug-likeness (QED) is 0.855. The average Bonchev–Trinajstić information content (AvgIpc) is 2.81. The highest BCUT2D eigenvalue weighted by molar-refractivity contribution is 9.10. The van der Waals surface area contributed by atoms with E-state index in [4.69, 9.17) is 5.11 Å². The molecule has 0 radical (unpaired) electrons. The van der Waals surface area contributed by atoms with Crippen LogP contribution in [0.1, 0.15) is 22.2 Å². The van der Waals surface area contributed by atoms with Gasteiger partial charge in [0.2, 0.25) is 0 Å². The minimum absolute atomic E-state index is 0.274. The molecule has 0 bridgehead atoms. The highest BCUT2D eigenvalue weighted by Crippen LogP contribution is 2.23. The number of rotatable bonds is 5. The molecular formula is C14H14BrNO2S. The van der Waals surface area contributed by atoms with Crippen molar-refractivity contribution in [1.29, 1.82) is 0 Å². The minimum Gasteiger partial charge on any atom is -0.478 e. The lowest BCUT2D eigenvalue weighted by atomic mass is 10.1. The first-order chi connectivity index (χ1) is 9.06. The molecular weight excluding hydrogens is 326 g/mol. The number of nitrogens with one attached hydrogen (secondary N) is 1. The van der Waals surface area contributed by atoms with Crippen molar-refractivity contribution in [1.82, 2.24) is 0 Å². The van der Waals surface area contributed by atoms with Crippen LogP contribution in [-0.4, -0.2) is 17.1 Å². The van der Waals surface area contributed by atoms with E-state index >= 15 is 0 Å². The molecule has 0 amide bonds. The fraction of sp³-hybridized carbons (Fsp3) is 0.214. The molecule has 1 aromatic heterocycles. The molecule has 5 heteroatoms. The van der Waals surface area contributed by atoms with Crippen molar-refractivity contribution in [2.24, 2.45) is 0 Å². The van der Waals surface area contributed by atoms with Gasteiger partial charge in [0, 0.05) is 27.5 Å². The summed E-state index contributed by atoms with van der Waals surface area (Å²) >= 11 is 5.02. The van der Waals surface area contributed by atoms with Crippen LogP contribution in [0.2, 0.25) is 0 Å². The number of hydrogen-bond donors (Lipinski definition) is 2. The van der Waals surface area contributed by atoms with Crippen LogP contribution < -0.4 is 5.32 Å². The van der Waals surface area contributed by atoms with Crippen molar-refractivity contribution in [3.8, 4) is 0 Å². The zero-order valence-corrected chi connectivity index (χ0v) is 12.8. The molecule has 0 fully saturated rings. The lowest BCUT2D eigenvalue weighted by Gasteiger charge is -2.15. The second-order valence-corrected chi connectivity index (χ2v) is 6.22. The first-order valence-corrected chi connectivity index (χ1v) is 7.55. The maximum Gasteiger partial charge on any atom is 0.336 e. The van der Waals surface area contributed by atoms with Gasteiger partial charge >= 0.3 is 5.97 Å². The predicted octanol–water partition coefficient (Wildman–Crippen LogP) is 4.25. The number of thiophene rings is 1. The molecule has 3 nitrogen and oxygen atoms in total. The van der Waals surface area contributed by atoms with E-state index in [0.717, 1.165) is 12.1 Å². The van der Waals surface area contributed by atoms with E-state index in [1.54, 1.807) is 29.5 Å². The van der Waals surface area contributed by atoms with Crippen molar-refractivity contribution in [2.75, 3.05) is 5.32 Å². The Kier molecular flexibility index (Phi) is 4.61. The Morgan fingerprint density at radius 2 is 2.26 bits per heavy atom. The summed E-state index contributed by atoms with van der Waals surface area (Å²) in [4.78, 5) is 12.3. The van der Waals surface area contributed by atoms with Gasteiger partial charge in [-0.05, 0) is 52.5 Å². The molecule has 1 atom stereocenters. The lowest BCUT2D eigenvalue weighted by Crippen LogP contribution is -2.17. The van der Waals surface area contributed by atoms with Crippen LogP contribution in [-0.2, 0) is 6.42 Å². The molecule has 1 aromatic carbocycles.